The molecule has 1 N–H and O–H groups in total. The van der Waals surface area contributed by atoms with Gasteiger partial charge in [-0.3, -0.25) is 4.79 Å². The van der Waals surface area contributed by atoms with E-state index in [0.717, 1.165) is 37.4 Å². The number of likely N-dealkylation sites (tertiary alicyclic amines) is 1. The van der Waals surface area contributed by atoms with Crippen molar-refractivity contribution in [3.05, 3.63) is 0 Å². The van der Waals surface area contributed by atoms with Gasteiger partial charge in [0.15, 0.2) is 0 Å². The van der Waals surface area contributed by atoms with E-state index in [-0.39, 0.29) is 12.4 Å². The van der Waals surface area contributed by atoms with Crippen LogP contribution in [0.1, 0.15) is 52.4 Å². The van der Waals surface area contributed by atoms with Crippen molar-refractivity contribution in [2.45, 2.75) is 52.4 Å². The Labute approximate surface area is 130 Å². The maximum atomic E-state index is 12.0. The Bertz CT molecular complexity index is 284. The molecule has 3 nitrogen and oxygen atoms in total. The van der Waals surface area contributed by atoms with Crippen LogP contribution >= 0.6 is 12.4 Å². The van der Waals surface area contributed by atoms with Crippen LogP contribution in [0.3, 0.4) is 0 Å². The smallest absolute Gasteiger partial charge is 0.236 e. The average molecular weight is 303 g/mol. The number of amides is 1. The molecule has 0 spiro atoms. The van der Waals surface area contributed by atoms with Crippen molar-refractivity contribution in [1.82, 2.24) is 10.2 Å². The predicted molar refractivity (Wildman–Crippen MR) is 86.2 cm³/mol. The topological polar surface area (TPSA) is 32.3 Å². The molecular formula is C16H31ClN2O. The second-order valence-corrected chi connectivity index (χ2v) is 6.87. The summed E-state index contributed by atoms with van der Waals surface area (Å²) < 4.78 is 0. The summed E-state index contributed by atoms with van der Waals surface area (Å²) in [6.45, 7) is 8.14. The molecule has 2 aliphatic rings. The van der Waals surface area contributed by atoms with Crippen LogP contribution in [0.25, 0.3) is 0 Å². The molecule has 0 aromatic carbocycles. The van der Waals surface area contributed by atoms with E-state index >= 15 is 0 Å². The van der Waals surface area contributed by atoms with Crippen molar-refractivity contribution in [1.29, 1.82) is 0 Å². The minimum atomic E-state index is 0. The third-order valence-corrected chi connectivity index (χ3v) is 4.53. The summed E-state index contributed by atoms with van der Waals surface area (Å²) in [5, 5.41) is 3.30. The Morgan fingerprint density at radius 3 is 2.35 bits per heavy atom. The van der Waals surface area contributed by atoms with Gasteiger partial charge < -0.3 is 10.2 Å². The number of nitrogens with one attached hydrogen (secondary N) is 1. The summed E-state index contributed by atoms with van der Waals surface area (Å²) in [7, 11) is 0. The van der Waals surface area contributed by atoms with Crippen LogP contribution in [0, 0.1) is 17.8 Å². The Balaban J connectivity index is 0.00000200. The zero-order valence-electron chi connectivity index (χ0n) is 13.1. The summed E-state index contributed by atoms with van der Waals surface area (Å²) in [6.07, 6.45) is 7.80. The summed E-state index contributed by atoms with van der Waals surface area (Å²) in [5.74, 6) is 2.83. The predicted octanol–water partition coefficient (Wildman–Crippen LogP) is 3.08. The van der Waals surface area contributed by atoms with E-state index < -0.39 is 0 Å². The van der Waals surface area contributed by atoms with Crippen LogP contribution < -0.4 is 5.32 Å². The molecule has 1 amide bonds. The highest BCUT2D eigenvalue weighted by Gasteiger charge is 2.24. The number of piperidine rings is 1. The van der Waals surface area contributed by atoms with Crippen molar-refractivity contribution in [2.24, 2.45) is 17.8 Å². The molecule has 1 saturated carbocycles. The fourth-order valence-corrected chi connectivity index (χ4v) is 2.86. The molecule has 2 rings (SSSR count). The van der Waals surface area contributed by atoms with Crippen molar-refractivity contribution in [3.8, 4) is 0 Å². The zero-order valence-corrected chi connectivity index (χ0v) is 13.9. The van der Waals surface area contributed by atoms with Gasteiger partial charge in [-0.2, -0.15) is 0 Å². The number of rotatable bonds is 7. The molecule has 0 aromatic heterocycles. The van der Waals surface area contributed by atoms with Gasteiger partial charge in [0.2, 0.25) is 5.91 Å². The lowest BCUT2D eigenvalue weighted by Gasteiger charge is -2.32. The molecule has 2 fully saturated rings. The van der Waals surface area contributed by atoms with Gasteiger partial charge in [0.05, 0.1) is 6.54 Å². The van der Waals surface area contributed by atoms with Crippen LogP contribution in [0.5, 0.6) is 0 Å². The van der Waals surface area contributed by atoms with Gasteiger partial charge in [-0.1, -0.05) is 26.7 Å². The summed E-state index contributed by atoms with van der Waals surface area (Å²) in [5.41, 5.74) is 0. The van der Waals surface area contributed by atoms with Gasteiger partial charge in [-0.05, 0) is 50.0 Å². The van der Waals surface area contributed by atoms with E-state index in [9.17, 15) is 4.79 Å². The standard InChI is InChI=1S/C16H30N2O.ClH/c1-13(2)3-4-14-7-9-18(10-8-14)16(19)12-17-11-15-5-6-15;/h13-15,17H,3-12H2,1-2H3;1H. The molecule has 1 saturated heterocycles. The molecule has 118 valence electrons. The summed E-state index contributed by atoms with van der Waals surface area (Å²) in [4.78, 5) is 14.1. The number of carbonyl (C=O) groups is 1. The highest BCUT2D eigenvalue weighted by Crippen LogP contribution is 2.27. The second-order valence-electron chi connectivity index (χ2n) is 6.87. The van der Waals surface area contributed by atoms with Crippen molar-refractivity contribution < 1.29 is 4.79 Å². The van der Waals surface area contributed by atoms with Gasteiger partial charge >= 0.3 is 0 Å². The van der Waals surface area contributed by atoms with Gasteiger partial charge in [0, 0.05) is 13.1 Å². The lowest BCUT2D eigenvalue weighted by Crippen LogP contribution is -2.43. The van der Waals surface area contributed by atoms with Crippen LogP contribution in [-0.2, 0) is 4.79 Å². The number of halogens is 1. The second kappa shape index (κ2) is 8.89. The van der Waals surface area contributed by atoms with E-state index in [1.807, 2.05) is 0 Å². The highest BCUT2D eigenvalue weighted by molar-refractivity contribution is 5.85. The monoisotopic (exact) mass is 302 g/mol. The molecule has 20 heavy (non-hydrogen) atoms. The molecule has 0 radical (unpaired) electrons. The Morgan fingerprint density at radius 1 is 1.15 bits per heavy atom. The molecule has 0 unspecified atom stereocenters. The Hall–Kier alpha value is -0.280. The molecule has 1 heterocycles. The number of hydrogen-bond acceptors (Lipinski definition) is 2. The average Bonchev–Trinajstić information content (AvgIpc) is 3.21. The van der Waals surface area contributed by atoms with E-state index in [2.05, 4.69) is 24.1 Å². The summed E-state index contributed by atoms with van der Waals surface area (Å²) in [6, 6.07) is 0. The molecule has 0 bridgehead atoms. The third kappa shape index (κ3) is 6.45. The van der Waals surface area contributed by atoms with Crippen molar-refractivity contribution >= 4 is 18.3 Å². The lowest BCUT2D eigenvalue weighted by molar-refractivity contribution is -0.131. The molecule has 1 aliphatic heterocycles. The number of carbonyl (C=O) groups excluding carboxylic acids is 1. The van der Waals surface area contributed by atoms with E-state index in [1.54, 1.807) is 0 Å². The first-order valence-electron chi connectivity index (χ1n) is 8.13. The Morgan fingerprint density at radius 2 is 1.80 bits per heavy atom. The quantitative estimate of drug-likeness (QED) is 0.784. The number of hydrogen-bond donors (Lipinski definition) is 1. The maximum Gasteiger partial charge on any atom is 0.236 e. The van der Waals surface area contributed by atoms with Gasteiger partial charge in [0.1, 0.15) is 0 Å². The molecule has 0 aromatic rings. The third-order valence-electron chi connectivity index (χ3n) is 4.53. The van der Waals surface area contributed by atoms with Crippen molar-refractivity contribution in [2.75, 3.05) is 26.2 Å². The minimum absolute atomic E-state index is 0. The van der Waals surface area contributed by atoms with E-state index in [1.165, 1.54) is 38.5 Å². The van der Waals surface area contributed by atoms with Gasteiger partial charge in [-0.15, -0.1) is 12.4 Å². The van der Waals surface area contributed by atoms with Crippen LogP contribution in [0.4, 0.5) is 0 Å². The largest absolute Gasteiger partial charge is 0.342 e. The molecule has 1 aliphatic carbocycles. The zero-order chi connectivity index (χ0) is 13.7. The van der Waals surface area contributed by atoms with Gasteiger partial charge in [-0.25, -0.2) is 0 Å². The first-order valence-corrected chi connectivity index (χ1v) is 8.13. The van der Waals surface area contributed by atoms with Crippen LogP contribution in [0.2, 0.25) is 0 Å². The van der Waals surface area contributed by atoms with E-state index in [4.69, 9.17) is 0 Å². The maximum absolute atomic E-state index is 12.0. The SMILES string of the molecule is CC(C)CCC1CCN(C(=O)CNCC2CC2)CC1.Cl. The molecule has 4 heteroatoms. The number of nitrogens with zero attached hydrogens (tertiary/aromatic N) is 1. The normalized spacial score (nSPS) is 20.1. The molecule has 0 atom stereocenters. The fourth-order valence-electron chi connectivity index (χ4n) is 2.86. The van der Waals surface area contributed by atoms with Crippen LogP contribution in [0.15, 0.2) is 0 Å². The first kappa shape index (κ1) is 17.8. The lowest BCUT2D eigenvalue weighted by atomic mass is 9.89. The molecular weight excluding hydrogens is 272 g/mol. The van der Waals surface area contributed by atoms with Crippen LogP contribution in [-0.4, -0.2) is 37.0 Å². The highest BCUT2D eigenvalue weighted by atomic mass is 35.5. The summed E-state index contributed by atoms with van der Waals surface area (Å²) >= 11 is 0. The van der Waals surface area contributed by atoms with Gasteiger partial charge in [0.25, 0.3) is 0 Å². The van der Waals surface area contributed by atoms with E-state index in [0.29, 0.717) is 12.5 Å². The fraction of sp³-hybridized carbons (Fsp3) is 0.938. The minimum Gasteiger partial charge on any atom is -0.342 e. The Kier molecular flexibility index (Phi) is 7.90. The van der Waals surface area contributed by atoms with Crippen molar-refractivity contribution in [3.63, 3.8) is 0 Å². The first-order chi connectivity index (χ1) is 9.15.